The second kappa shape index (κ2) is 8.42. The molecule has 0 radical (unpaired) electrons. The number of anilines is 1. The van der Waals surface area contributed by atoms with Gasteiger partial charge in [-0.05, 0) is 48.2 Å². The number of rotatable bonds is 7. The van der Waals surface area contributed by atoms with Crippen LogP contribution in [0.1, 0.15) is 30.9 Å². The molecule has 134 valence electrons. The van der Waals surface area contributed by atoms with Crippen LogP contribution in [-0.2, 0) is 4.79 Å². The first kappa shape index (κ1) is 18.6. The van der Waals surface area contributed by atoms with Gasteiger partial charge in [0.1, 0.15) is 17.2 Å². The maximum absolute atomic E-state index is 12.2. The number of ether oxygens (including phenoxy) is 3. The number of methoxy groups -OCH3 is 2. The molecule has 0 spiro atoms. The van der Waals surface area contributed by atoms with Crippen LogP contribution in [0.3, 0.4) is 0 Å². The molecule has 25 heavy (non-hydrogen) atoms. The van der Waals surface area contributed by atoms with Crippen LogP contribution in [0.25, 0.3) is 0 Å². The molecule has 1 amide bonds. The van der Waals surface area contributed by atoms with E-state index in [1.54, 1.807) is 32.4 Å². The van der Waals surface area contributed by atoms with E-state index in [-0.39, 0.29) is 12.5 Å². The molecule has 0 atom stereocenters. The highest BCUT2D eigenvalue weighted by atomic mass is 16.5. The summed E-state index contributed by atoms with van der Waals surface area (Å²) in [6, 6.07) is 11.1. The van der Waals surface area contributed by atoms with E-state index in [2.05, 4.69) is 19.2 Å². The first-order valence-corrected chi connectivity index (χ1v) is 8.19. The molecule has 0 bridgehead atoms. The lowest BCUT2D eigenvalue weighted by molar-refractivity contribution is -0.118. The van der Waals surface area contributed by atoms with E-state index in [1.165, 1.54) is 5.56 Å². The van der Waals surface area contributed by atoms with E-state index in [0.29, 0.717) is 28.9 Å². The Morgan fingerprint density at radius 2 is 1.76 bits per heavy atom. The predicted octanol–water partition coefficient (Wildman–Crippen LogP) is 4.15. The number of carbonyl (C=O) groups excluding carboxylic acids is 1. The summed E-state index contributed by atoms with van der Waals surface area (Å²) in [6.45, 7) is 6.26. The summed E-state index contributed by atoms with van der Waals surface area (Å²) in [4.78, 5) is 12.2. The number of benzene rings is 2. The van der Waals surface area contributed by atoms with Crippen molar-refractivity contribution in [2.45, 2.75) is 26.7 Å². The fourth-order valence-electron chi connectivity index (χ4n) is 2.63. The second-order valence-corrected chi connectivity index (χ2v) is 6.08. The molecule has 2 aromatic carbocycles. The highest BCUT2D eigenvalue weighted by Gasteiger charge is 2.11. The van der Waals surface area contributed by atoms with E-state index >= 15 is 0 Å². The standard InChI is InChI=1S/C20H25NO4/c1-13(2)17-8-6-16(10-14(17)3)25-12-20(22)21-18-11-15(23-4)7-9-19(18)24-5/h6-11,13H,12H2,1-5H3,(H,21,22). The molecule has 0 heterocycles. The van der Waals surface area contributed by atoms with E-state index < -0.39 is 0 Å². The van der Waals surface area contributed by atoms with Gasteiger partial charge in [0.25, 0.3) is 5.91 Å². The Morgan fingerprint density at radius 1 is 1.04 bits per heavy atom. The minimum Gasteiger partial charge on any atom is -0.497 e. The van der Waals surface area contributed by atoms with E-state index in [4.69, 9.17) is 14.2 Å². The summed E-state index contributed by atoms with van der Waals surface area (Å²) >= 11 is 0. The van der Waals surface area contributed by atoms with Gasteiger partial charge < -0.3 is 19.5 Å². The summed E-state index contributed by atoms with van der Waals surface area (Å²) in [5, 5.41) is 2.78. The highest BCUT2D eigenvalue weighted by Crippen LogP contribution is 2.29. The first-order valence-electron chi connectivity index (χ1n) is 8.19. The number of aryl methyl sites for hydroxylation is 1. The molecule has 0 saturated carbocycles. The van der Waals surface area contributed by atoms with Crippen molar-refractivity contribution in [2.24, 2.45) is 0 Å². The Bertz CT molecular complexity index is 740. The van der Waals surface area contributed by atoms with Crippen molar-refractivity contribution in [2.75, 3.05) is 26.1 Å². The third-order valence-corrected chi connectivity index (χ3v) is 3.91. The number of nitrogens with one attached hydrogen (secondary N) is 1. The van der Waals surface area contributed by atoms with Gasteiger partial charge in [-0.3, -0.25) is 4.79 Å². The van der Waals surface area contributed by atoms with Crippen molar-refractivity contribution in [3.05, 3.63) is 47.5 Å². The molecule has 5 nitrogen and oxygen atoms in total. The maximum atomic E-state index is 12.2. The Morgan fingerprint density at radius 3 is 2.36 bits per heavy atom. The van der Waals surface area contributed by atoms with Crippen LogP contribution < -0.4 is 19.5 Å². The van der Waals surface area contributed by atoms with Gasteiger partial charge in [0.2, 0.25) is 0 Å². The monoisotopic (exact) mass is 343 g/mol. The summed E-state index contributed by atoms with van der Waals surface area (Å²) in [7, 11) is 3.12. The zero-order valence-corrected chi connectivity index (χ0v) is 15.4. The molecule has 0 saturated heterocycles. The molecule has 0 aliphatic rings. The molecule has 0 fully saturated rings. The van der Waals surface area contributed by atoms with E-state index in [1.807, 2.05) is 25.1 Å². The number of amides is 1. The van der Waals surface area contributed by atoms with Gasteiger partial charge in [-0.1, -0.05) is 19.9 Å². The molecule has 1 N–H and O–H groups in total. The average molecular weight is 343 g/mol. The largest absolute Gasteiger partial charge is 0.497 e. The van der Waals surface area contributed by atoms with Crippen LogP contribution >= 0.6 is 0 Å². The van der Waals surface area contributed by atoms with E-state index in [0.717, 1.165) is 5.56 Å². The molecule has 0 aromatic heterocycles. The van der Waals surface area contributed by atoms with Crippen LogP contribution in [0.15, 0.2) is 36.4 Å². The SMILES string of the molecule is COc1ccc(OC)c(NC(=O)COc2ccc(C(C)C)c(C)c2)c1. The average Bonchev–Trinajstić information content (AvgIpc) is 2.59. The fourth-order valence-corrected chi connectivity index (χ4v) is 2.63. The van der Waals surface area contributed by atoms with Crippen LogP contribution in [-0.4, -0.2) is 26.7 Å². The Kier molecular flexibility index (Phi) is 6.28. The molecule has 5 heteroatoms. The quantitative estimate of drug-likeness (QED) is 0.820. The molecule has 2 aromatic rings. The smallest absolute Gasteiger partial charge is 0.262 e. The molecule has 0 unspecified atom stereocenters. The van der Waals surface area contributed by atoms with Crippen LogP contribution in [0.2, 0.25) is 0 Å². The van der Waals surface area contributed by atoms with Gasteiger partial charge in [-0.25, -0.2) is 0 Å². The Labute approximate surface area is 148 Å². The van der Waals surface area contributed by atoms with Gasteiger partial charge in [0.05, 0.1) is 19.9 Å². The maximum Gasteiger partial charge on any atom is 0.262 e. The molecular formula is C20H25NO4. The third-order valence-electron chi connectivity index (χ3n) is 3.91. The van der Waals surface area contributed by atoms with Crippen molar-refractivity contribution < 1.29 is 19.0 Å². The van der Waals surface area contributed by atoms with Gasteiger partial charge in [0.15, 0.2) is 6.61 Å². The van der Waals surface area contributed by atoms with Crippen molar-refractivity contribution in [3.8, 4) is 17.2 Å². The van der Waals surface area contributed by atoms with Gasteiger partial charge in [0, 0.05) is 6.07 Å². The molecule has 0 aliphatic heterocycles. The predicted molar refractivity (Wildman–Crippen MR) is 98.9 cm³/mol. The molecule has 0 aliphatic carbocycles. The number of hydrogen-bond acceptors (Lipinski definition) is 4. The summed E-state index contributed by atoms with van der Waals surface area (Å²) < 4.78 is 16.0. The van der Waals surface area contributed by atoms with Crippen LogP contribution in [0, 0.1) is 6.92 Å². The van der Waals surface area contributed by atoms with Gasteiger partial charge in [-0.15, -0.1) is 0 Å². The lowest BCUT2D eigenvalue weighted by Crippen LogP contribution is -2.20. The second-order valence-electron chi connectivity index (χ2n) is 6.08. The lowest BCUT2D eigenvalue weighted by Gasteiger charge is -2.14. The van der Waals surface area contributed by atoms with Crippen molar-refractivity contribution in [3.63, 3.8) is 0 Å². The summed E-state index contributed by atoms with van der Waals surface area (Å²) in [6.07, 6.45) is 0. The Balaban J connectivity index is 2.00. The third kappa shape index (κ3) is 4.89. The minimum atomic E-state index is -0.267. The Hall–Kier alpha value is -2.69. The van der Waals surface area contributed by atoms with Gasteiger partial charge >= 0.3 is 0 Å². The number of hydrogen-bond donors (Lipinski definition) is 1. The van der Waals surface area contributed by atoms with Gasteiger partial charge in [-0.2, -0.15) is 0 Å². The fraction of sp³-hybridized carbons (Fsp3) is 0.350. The highest BCUT2D eigenvalue weighted by molar-refractivity contribution is 5.93. The van der Waals surface area contributed by atoms with Crippen LogP contribution in [0.4, 0.5) is 5.69 Å². The summed E-state index contributed by atoms with van der Waals surface area (Å²) in [5.74, 6) is 2.06. The molecular weight excluding hydrogens is 318 g/mol. The van der Waals surface area contributed by atoms with Crippen molar-refractivity contribution in [1.29, 1.82) is 0 Å². The summed E-state index contributed by atoms with van der Waals surface area (Å²) in [5.41, 5.74) is 2.97. The minimum absolute atomic E-state index is 0.0825. The topological polar surface area (TPSA) is 56.8 Å². The van der Waals surface area contributed by atoms with Crippen molar-refractivity contribution >= 4 is 11.6 Å². The van der Waals surface area contributed by atoms with Crippen molar-refractivity contribution in [1.82, 2.24) is 0 Å². The zero-order chi connectivity index (χ0) is 18.4. The van der Waals surface area contributed by atoms with Crippen LogP contribution in [0.5, 0.6) is 17.2 Å². The first-order chi connectivity index (χ1) is 11.9. The number of carbonyl (C=O) groups is 1. The normalized spacial score (nSPS) is 10.5. The zero-order valence-electron chi connectivity index (χ0n) is 15.4. The lowest BCUT2D eigenvalue weighted by atomic mass is 9.98. The molecule has 2 rings (SSSR count). The van der Waals surface area contributed by atoms with E-state index in [9.17, 15) is 4.79 Å².